The van der Waals surface area contributed by atoms with Crippen LogP contribution in [0.15, 0.2) is 0 Å². The first-order valence-corrected chi connectivity index (χ1v) is 6.57. The molecule has 0 atom stereocenters. The number of hydrogen-bond acceptors (Lipinski definition) is 1. The quantitative estimate of drug-likeness (QED) is 0.271. The SMILES string of the molecule is C[S+](C)CC(=O)c1c(F)c(F)c(F)c(F)c1F. The molecule has 0 aliphatic carbocycles. The van der Waals surface area contributed by atoms with Crippen molar-refractivity contribution in [1.82, 2.24) is 0 Å². The van der Waals surface area contributed by atoms with Crippen LogP contribution in [0, 0.1) is 29.1 Å². The third-order valence-electron chi connectivity index (χ3n) is 1.91. The van der Waals surface area contributed by atoms with Crippen LogP contribution in [0.4, 0.5) is 22.0 Å². The highest BCUT2D eigenvalue weighted by Crippen LogP contribution is 2.23. The summed E-state index contributed by atoms with van der Waals surface area (Å²) in [5, 5.41) is 0. The van der Waals surface area contributed by atoms with Crippen LogP contribution in [0.25, 0.3) is 0 Å². The molecule has 0 aliphatic heterocycles. The number of carbonyl (C=O) groups is 1. The maximum Gasteiger partial charge on any atom is 0.217 e. The average molecular weight is 271 g/mol. The summed E-state index contributed by atoms with van der Waals surface area (Å²) in [7, 11) is -0.503. The van der Waals surface area contributed by atoms with Crippen LogP contribution in [-0.2, 0) is 10.9 Å². The Hall–Kier alpha value is -1.11. The first-order chi connectivity index (χ1) is 7.77. The largest absolute Gasteiger partial charge is 0.289 e. The van der Waals surface area contributed by atoms with Gasteiger partial charge in [0.1, 0.15) is 5.56 Å². The molecule has 1 aromatic rings. The zero-order valence-corrected chi connectivity index (χ0v) is 9.73. The summed E-state index contributed by atoms with van der Waals surface area (Å²) in [5.41, 5.74) is -1.36. The predicted octanol–water partition coefficient (Wildman–Crippen LogP) is 2.44. The van der Waals surface area contributed by atoms with E-state index in [1.54, 1.807) is 12.5 Å². The molecule has 0 spiro atoms. The third-order valence-corrected chi connectivity index (χ3v) is 2.75. The zero-order chi connectivity index (χ0) is 13.3. The minimum Gasteiger partial charge on any atom is -0.289 e. The molecule has 17 heavy (non-hydrogen) atoms. The molecule has 0 saturated heterocycles. The van der Waals surface area contributed by atoms with E-state index in [0.29, 0.717) is 0 Å². The van der Waals surface area contributed by atoms with Gasteiger partial charge in [-0.1, -0.05) is 0 Å². The first kappa shape index (κ1) is 14.0. The Kier molecular flexibility index (Phi) is 4.13. The second-order valence-corrected chi connectivity index (χ2v) is 5.76. The summed E-state index contributed by atoms with van der Waals surface area (Å²) < 4.78 is 64.6. The number of Topliss-reactive ketones (excluding diaryl/α,β-unsaturated/α-hetero) is 1. The molecule has 0 bridgehead atoms. The molecule has 0 amide bonds. The Bertz CT molecular complexity index is 443. The number of ketones is 1. The zero-order valence-electron chi connectivity index (χ0n) is 8.91. The maximum atomic E-state index is 13.2. The maximum absolute atomic E-state index is 13.2. The number of benzene rings is 1. The summed E-state index contributed by atoms with van der Waals surface area (Å²) in [6, 6.07) is 0. The summed E-state index contributed by atoms with van der Waals surface area (Å²) in [6.45, 7) is 0. The van der Waals surface area contributed by atoms with Crippen LogP contribution in [0.3, 0.4) is 0 Å². The Morgan fingerprint density at radius 2 is 1.24 bits per heavy atom. The van der Waals surface area contributed by atoms with Gasteiger partial charge in [-0.25, -0.2) is 22.0 Å². The van der Waals surface area contributed by atoms with Crippen molar-refractivity contribution in [3.05, 3.63) is 34.6 Å². The number of hydrogen-bond donors (Lipinski definition) is 0. The number of carbonyl (C=O) groups excluding carboxylic acids is 1. The lowest BCUT2D eigenvalue weighted by Crippen LogP contribution is -2.19. The molecular formula is C10H8F5OS+. The highest BCUT2D eigenvalue weighted by molar-refractivity contribution is 7.96. The second kappa shape index (κ2) is 5.03. The molecule has 0 unspecified atom stereocenters. The van der Waals surface area contributed by atoms with Crippen LogP contribution in [0.2, 0.25) is 0 Å². The highest BCUT2D eigenvalue weighted by Gasteiger charge is 2.31. The van der Waals surface area contributed by atoms with Gasteiger partial charge in [0.25, 0.3) is 0 Å². The van der Waals surface area contributed by atoms with Gasteiger partial charge in [-0.3, -0.25) is 4.79 Å². The van der Waals surface area contributed by atoms with E-state index < -0.39 is 51.3 Å². The molecule has 0 saturated carbocycles. The lowest BCUT2D eigenvalue weighted by atomic mass is 10.1. The standard InChI is InChI=1S/C10H8F5OS/c1-17(2)3-4(16)5-6(11)8(13)10(15)9(14)7(5)12/h3H2,1-2H3/q+1. The second-order valence-electron chi connectivity index (χ2n) is 3.50. The van der Waals surface area contributed by atoms with Gasteiger partial charge in [-0.05, 0) is 10.9 Å². The van der Waals surface area contributed by atoms with Crippen molar-refractivity contribution in [2.75, 3.05) is 18.3 Å². The van der Waals surface area contributed by atoms with Gasteiger partial charge in [-0.15, -0.1) is 0 Å². The fourth-order valence-corrected chi connectivity index (χ4v) is 1.85. The molecule has 0 radical (unpaired) electrons. The van der Waals surface area contributed by atoms with Gasteiger partial charge < -0.3 is 0 Å². The van der Waals surface area contributed by atoms with Crippen LogP contribution in [0.1, 0.15) is 10.4 Å². The lowest BCUT2D eigenvalue weighted by molar-refractivity contribution is 0.101. The van der Waals surface area contributed by atoms with Crippen LogP contribution in [-0.4, -0.2) is 24.0 Å². The molecule has 1 aromatic carbocycles. The molecule has 0 aliphatic rings. The van der Waals surface area contributed by atoms with E-state index in [-0.39, 0.29) is 5.75 Å². The Balaban J connectivity index is 3.39. The molecule has 1 rings (SSSR count). The smallest absolute Gasteiger partial charge is 0.217 e. The van der Waals surface area contributed by atoms with Gasteiger partial charge >= 0.3 is 0 Å². The van der Waals surface area contributed by atoms with E-state index in [1.807, 2.05) is 0 Å². The van der Waals surface area contributed by atoms with Crippen molar-refractivity contribution < 1.29 is 26.7 Å². The van der Waals surface area contributed by atoms with Gasteiger partial charge in [0.2, 0.25) is 11.6 Å². The van der Waals surface area contributed by atoms with Gasteiger partial charge in [-0.2, -0.15) is 0 Å². The molecule has 0 heterocycles. The minimum atomic E-state index is -2.26. The van der Waals surface area contributed by atoms with E-state index in [2.05, 4.69) is 0 Å². The summed E-state index contributed by atoms with van der Waals surface area (Å²) in [6.07, 6.45) is 3.23. The fourth-order valence-electron chi connectivity index (χ4n) is 1.18. The first-order valence-electron chi connectivity index (χ1n) is 4.36. The van der Waals surface area contributed by atoms with Crippen LogP contribution < -0.4 is 0 Å². The van der Waals surface area contributed by atoms with Crippen molar-refractivity contribution in [3.63, 3.8) is 0 Å². The molecule has 0 fully saturated rings. The van der Waals surface area contributed by atoms with E-state index in [1.165, 1.54) is 0 Å². The van der Waals surface area contributed by atoms with E-state index in [4.69, 9.17) is 0 Å². The Labute approximate surface area is 97.0 Å². The van der Waals surface area contributed by atoms with Gasteiger partial charge in [0.15, 0.2) is 29.0 Å². The van der Waals surface area contributed by atoms with Gasteiger partial charge in [0.05, 0.1) is 12.5 Å². The van der Waals surface area contributed by atoms with Crippen LogP contribution in [0.5, 0.6) is 0 Å². The van der Waals surface area contributed by atoms with Crippen molar-refractivity contribution in [3.8, 4) is 0 Å². The minimum absolute atomic E-state index is 0.266. The molecule has 94 valence electrons. The molecular weight excluding hydrogens is 263 g/mol. The average Bonchev–Trinajstić information content (AvgIpc) is 2.23. The normalized spacial score (nSPS) is 11.1. The van der Waals surface area contributed by atoms with E-state index in [0.717, 1.165) is 0 Å². The summed E-state index contributed by atoms with van der Waals surface area (Å²) in [5.74, 6) is -12.0. The third kappa shape index (κ3) is 2.59. The lowest BCUT2D eigenvalue weighted by Gasteiger charge is -2.06. The van der Waals surface area contributed by atoms with Crippen molar-refractivity contribution in [1.29, 1.82) is 0 Å². The monoisotopic (exact) mass is 271 g/mol. The van der Waals surface area contributed by atoms with Crippen molar-refractivity contribution in [2.24, 2.45) is 0 Å². The highest BCUT2D eigenvalue weighted by atomic mass is 32.2. The molecule has 0 N–H and O–H groups in total. The van der Waals surface area contributed by atoms with E-state index >= 15 is 0 Å². The van der Waals surface area contributed by atoms with E-state index in [9.17, 15) is 26.7 Å². The molecule has 7 heteroatoms. The topological polar surface area (TPSA) is 17.1 Å². The van der Waals surface area contributed by atoms with Crippen molar-refractivity contribution >= 4 is 16.7 Å². The molecule has 0 aromatic heterocycles. The Morgan fingerprint density at radius 1 is 0.882 bits per heavy atom. The number of halogens is 5. The van der Waals surface area contributed by atoms with Crippen LogP contribution >= 0.6 is 0 Å². The predicted molar refractivity (Wildman–Crippen MR) is 54.6 cm³/mol. The summed E-state index contributed by atoms with van der Waals surface area (Å²) >= 11 is 0. The fraction of sp³-hybridized carbons (Fsp3) is 0.300. The Morgan fingerprint density at radius 3 is 1.59 bits per heavy atom. The number of rotatable bonds is 3. The molecule has 1 nitrogen and oxygen atoms in total. The summed E-state index contributed by atoms with van der Waals surface area (Å²) in [4.78, 5) is 11.4. The van der Waals surface area contributed by atoms with Crippen molar-refractivity contribution in [2.45, 2.75) is 0 Å². The van der Waals surface area contributed by atoms with Gasteiger partial charge in [0, 0.05) is 0 Å².